The van der Waals surface area contributed by atoms with E-state index < -0.39 is 0 Å². The van der Waals surface area contributed by atoms with Crippen molar-refractivity contribution >= 4 is 32.7 Å². The Balaban J connectivity index is 0.000000206. The molecule has 1 N–H and O–H groups in total. The number of hydrogen-bond acceptors (Lipinski definition) is 4. The first-order valence-corrected chi connectivity index (χ1v) is 12.1. The van der Waals surface area contributed by atoms with E-state index in [0.717, 1.165) is 27.2 Å². The van der Waals surface area contributed by atoms with E-state index in [-0.39, 0.29) is 47.5 Å². The van der Waals surface area contributed by atoms with Gasteiger partial charge in [0.15, 0.2) is 0 Å². The fraction of sp³-hybridized carbons (Fsp3) is 0. The third-order valence-electron chi connectivity index (χ3n) is 6.40. The Kier molecular flexibility index (Phi) is 8.03. The Morgan fingerprint density at radius 1 is 0.421 bits per heavy atom. The first-order chi connectivity index (χ1) is 18.3. The minimum atomic E-state index is 0. The number of aromatic nitrogens is 3. The number of fused-ring (bicyclic) bond motifs is 4. The molecule has 0 spiro atoms. The molecule has 0 aliphatic heterocycles. The molecule has 7 rings (SSSR count). The van der Waals surface area contributed by atoms with E-state index in [4.69, 9.17) is 0 Å². The molecule has 5 heteroatoms. The summed E-state index contributed by atoms with van der Waals surface area (Å²) in [5.74, 6) is 0.239. The number of phenols is 1. The van der Waals surface area contributed by atoms with Gasteiger partial charge in [0.2, 0.25) is 0 Å². The van der Waals surface area contributed by atoms with E-state index in [1.54, 1.807) is 18.3 Å². The number of rotatable bonds is 2. The number of pyridine rings is 3. The topological polar surface area (TPSA) is 58.9 Å². The van der Waals surface area contributed by atoms with Crippen LogP contribution in [0.3, 0.4) is 0 Å². The maximum absolute atomic E-state index is 9.31. The molecule has 180 valence electrons. The van der Waals surface area contributed by atoms with Gasteiger partial charge in [-0.05, 0) is 46.5 Å². The molecule has 0 amide bonds. The maximum atomic E-state index is 9.31. The number of para-hydroxylation sites is 1. The van der Waals surface area contributed by atoms with Crippen LogP contribution in [0.1, 0.15) is 0 Å². The van der Waals surface area contributed by atoms with Crippen molar-refractivity contribution in [1.82, 2.24) is 15.0 Å². The monoisotopic (exact) mass is 617 g/mol. The molecule has 0 aliphatic carbocycles. The van der Waals surface area contributed by atoms with Crippen LogP contribution in [0.5, 0.6) is 5.75 Å². The van der Waals surface area contributed by atoms with Crippen LogP contribution in [0.4, 0.5) is 0 Å². The van der Waals surface area contributed by atoms with E-state index in [1.807, 2.05) is 42.7 Å². The van der Waals surface area contributed by atoms with Crippen LogP contribution in [0.15, 0.2) is 134 Å². The van der Waals surface area contributed by atoms with Gasteiger partial charge in [-0.3, -0.25) is 15.0 Å². The summed E-state index contributed by atoms with van der Waals surface area (Å²) in [6.45, 7) is 0. The van der Waals surface area contributed by atoms with Gasteiger partial charge in [0.1, 0.15) is 11.3 Å². The molecule has 0 unspecified atom stereocenters. The normalized spacial score (nSPS) is 10.5. The van der Waals surface area contributed by atoms with Crippen LogP contribution in [0.2, 0.25) is 0 Å². The quantitative estimate of drug-likeness (QED) is 0.200. The van der Waals surface area contributed by atoms with E-state index in [2.05, 4.69) is 87.7 Å². The largest absolute Gasteiger partial charge is 0.506 e. The van der Waals surface area contributed by atoms with Crippen molar-refractivity contribution in [2.75, 3.05) is 0 Å². The second kappa shape index (κ2) is 11.8. The molecule has 0 bridgehead atoms. The van der Waals surface area contributed by atoms with E-state index in [0.29, 0.717) is 5.52 Å². The standard InChI is InChI=1S/C24H16N2.C9H7NO.Ce/c1-3-7-17(8-4-1)19-13-15-25-23-21(19)11-12-22-20(14-16-26-24(22)23)18-9-5-2-6-10-18;11-8-5-1-3-7-4-2-6-10-9(7)8;/h1-16H;1-6,11H;. The number of hydrogen-bond donors (Lipinski definition) is 1. The summed E-state index contributed by atoms with van der Waals surface area (Å²) in [7, 11) is 0. The van der Waals surface area contributed by atoms with Crippen molar-refractivity contribution in [1.29, 1.82) is 0 Å². The minimum absolute atomic E-state index is 0. The molecule has 4 aromatic carbocycles. The molecule has 0 radical (unpaired) electrons. The predicted molar refractivity (Wildman–Crippen MR) is 151 cm³/mol. The Bertz CT molecular complexity index is 1740. The second-order valence-corrected chi connectivity index (χ2v) is 8.66. The van der Waals surface area contributed by atoms with Crippen molar-refractivity contribution in [3.63, 3.8) is 0 Å². The van der Waals surface area contributed by atoms with Gasteiger partial charge in [0.25, 0.3) is 0 Å². The number of benzene rings is 4. The van der Waals surface area contributed by atoms with Gasteiger partial charge in [0, 0.05) is 76.5 Å². The fourth-order valence-electron chi connectivity index (χ4n) is 4.65. The SMILES string of the molecule is Oc1cccc2cccnc12.[Ce].c1ccc(-c2ccnc3c2ccc2c(-c4ccccc4)ccnc23)cc1. The summed E-state index contributed by atoms with van der Waals surface area (Å²) in [5, 5.41) is 12.5. The molecule has 4 nitrogen and oxygen atoms in total. The Morgan fingerprint density at radius 3 is 1.45 bits per heavy atom. The summed E-state index contributed by atoms with van der Waals surface area (Å²) in [6, 6.07) is 38.5. The summed E-state index contributed by atoms with van der Waals surface area (Å²) in [6.07, 6.45) is 5.42. The number of nitrogens with zero attached hydrogens (tertiary/aromatic N) is 3. The smallest absolute Gasteiger partial charge is 0.141 e. The van der Waals surface area contributed by atoms with Crippen molar-refractivity contribution in [2.24, 2.45) is 0 Å². The molecular weight excluding hydrogens is 594 g/mol. The summed E-state index contributed by atoms with van der Waals surface area (Å²) >= 11 is 0. The van der Waals surface area contributed by atoms with Gasteiger partial charge < -0.3 is 5.11 Å². The molecule has 3 heterocycles. The zero-order valence-electron chi connectivity index (χ0n) is 20.5. The van der Waals surface area contributed by atoms with Crippen molar-refractivity contribution in [3.05, 3.63) is 134 Å². The van der Waals surface area contributed by atoms with Crippen molar-refractivity contribution in [2.45, 2.75) is 0 Å². The summed E-state index contributed by atoms with van der Waals surface area (Å²) in [4.78, 5) is 13.4. The third-order valence-corrected chi connectivity index (χ3v) is 6.40. The maximum Gasteiger partial charge on any atom is 0.141 e. The van der Waals surface area contributed by atoms with Crippen LogP contribution in [0.25, 0.3) is 55.0 Å². The van der Waals surface area contributed by atoms with Gasteiger partial charge in [-0.2, -0.15) is 0 Å². The van der Waals surface area contributed by atoms with Gasteiger partial charge >= 0.3 is 0 Å². The van der Waals surface area contributed by atoms with Gasteiger partial charge in [0.05, 0.1) is 11.0 Å². The fourth-order valence-corrected chi connectivity index (χ4v) is 4.65. The average Bonchev–Trinajstić information content (AvgIpc) is 2.98. The Morgan fingerprint density at radius 2 is 0.921 bits per heavy atom. The van der Waals surface area contributed by atoms with E-state index in [1.165, 1.54) is 22.3 Å². The molecule has 38 heavy (non-hydrogen) atoms. The van der Waals surface area contributed by atoms with Crippen molar-refractivity contribution in [3.8, 4) is 28.0 Å². The van der Waals surface area contributed by atoms with Gasteiger partial charge in [-0.25, -0.2) is 0 Å². The molecule has 0 aliphatic rings. The Hall–Kier alpha value is -3.71. The first-order valence-electron chi connectivity index (χ1n) is 12.1. The van der Waals surface area contributed by atoms with Gasteiger partial charge in [-0.15, -0.1) is 0 Å². The Labute approximate surface area is 254 Å². The minimum Gasteiger partial charge on any atom is -0.506 e. The number of aromatic hydroxyl groups is 1. The third kappa shape index (κ3) is 5.16. The van der Waals surface area contributed by atoms with E-state index in [9.17, 15) is 5.11 Å². The average molecular weight is 618 g/mol. The van der Waals surface area contributed by atoms with E-state index >= 15 is 0 Å². The molecule has 0 saturated heterocycles. The molecule has 7 aromatic rings. The van der Waals surface area contributed by atoms with Crippen LogP contribution < -0.4 is 0 Å². The molecule has 0 atom stereocenters. The van der Waals surface area contributed by atoms with Crippen LogP contribution in [0, 0.1) is 41.7 Å². The number of phenolic OH excluding ortho intramolecular Hbond substituents is 1. The second-order valence-electron chi connectivity index (χ2n) is 8.66. The first kappa shape index (κ1) is 25.9. The summed E-state index contributed by atoms with van der Waals surface area (Å²) < 4.78 is 0. The van der Waals surface area contributed by atoms with Gasteiger partial charge in [-0.1, -0.05) is 91.0 Å². The summed E-state index contributed by atoms with van der Waals surface area (Å²) in [5.41, 5.74) is 7.31. The van der Waals surface area contributed by atoms with Crippen molar-refractivity contribution < 1.29 is 46.9 Å². The zero-order chi connectivity index (χ0) is 25.0. The molecule has 3 aromatic heterocycles. The van der Waals surface area contributed by atoms with Crippen LogP contribution in [-0.2, 0) is 0 Å². The molecule has 0 fully saturated rings. The van der Waals surface area contributed by atoms with Crippen LogP contribution >= 0.6 is 0 Å². The zero-order valence-corrected chi connectivity index (χ0v) is 23.6. The molecule has 0 saturated carbocycles. The molecular formula is C33H23CeN3O. The predicted octanol–water partition coefficient (Wildman–Crippen LogP) is 8.06. The van der Waals surface area contributed by atoms with Crippen LogP contribution in [-0.4, -0.2) is 20.1 Å².